The Hall–Kier alpha value is -2.21. The molecule has 0 unspecified atom stereocenters. The number of benzene rings is 1. The maximum absolute atomic E-state index is 5.95. The molecule has 0 bridgehead atoms. The van der Waals surface area contributed by atoms with Crippen molar-refractivity contribution in [1.82, 2.24) is 9.88 Å². The maximum Gasteiger partial charge on any atom is 0.161 e. The fourth-order valence-electron chi connectivity index (χ4n) is 4.22. The SMILES string of the molecule is CCOc1cc(C)c([C@H]2[C@H](c3ccccn3)N=C3SC[C@@H](CC)N32)cc1OCC. The van der Waals surface area contributed by atoms with E-state index in [9.17, 15) is 0 Å². The van der Waals surface area contributed by atoms with Crippen LogP contribution in [0.15, 0.2) is 41.5 Å². The van der Waals surface area contributed by atoms with Crippen LogP contribution in [0.5, 0.6) is 11.5 Å². The lowest BCUT2D eigenvalue weighted by molar-refractivity contribution is 0.251. The summed E-state index contributed by atoms with van der Waals surface area (Å²) < 4.78 is 11.8. The van der Waals surface area contributed by atoms with Crippen molar-refractivity contribution in [3.8, 4) is 11.5 Å². The van der Waals surface area contributed by atoms with Crippen LogP contribution < -0.4 is 9.47 Å². The second-order valence-electron chi connectivity index (χ2n) is 7.36. The molecule has 2 aliphatic heterocycles. The molecule has 0 amide bonds. The van der Waals surface area contributed by atoms with Crippen molar-refractivity contribution in [2.45, 2.75) is 52.2 Å². The van der Waals surface area contributed by atoms with Crippen LogP contribution in [0.25, 0.3) is 0 Å². The van der Waals surface area contributed by atoms with Gasteiger partial charge in [0.15, 0.2) is 16.7 Å². The summed E-state index contributed by atoms with van der Waals surface area (Å²) in [6.07, 6.45) is 2.96. The van der Waals surface area contributed by atoms with E-state index in [1.165, 1.54) is 11.1 Å². The Labute approximate surface area is 177 Å². The second kappa shape index (κ2) is 8.66. The van der Waals surface area contributed by atoms with Crippen LogP contribution in [0.4, 0.5) is 0 Å². The Balaban J connectivity index is 1.82. The molecule has 3 atom stereocenters. The molecule has 29 heavy (non-hydrogen) atoms. The van der Waals surface area contributed by atoms with Gasteiger partial charge in [-0.2, -0.15) is 0 Å². The zero-order chi connectivity index (χ0) is 20.4. The number of aryl methyl sites for hydroxylation is 1. The first kappa shape index (κ1) is 20.1. The largest absolute Gasteiger partial charge is 0.490 e. The summed E-state index contributed by atoms with van der Waals surface area (Å²) in [6.45, 7) is 9.65. The van der Waals surface area contributed by atoms with Crippen molar-refractivity contribution in [3.63, 3.8) is 0 Å². The van der Waals surface area contributed by atoms with E-state index in [0.29, 0.717) is 19.3 Å². The minimum Gasteiger partial charge on any atom is -0.490 e. The first-order chi connectivity index (χ1) is 14.2. The predicted octanol–water partition coefficient (Wildman–Crippen LogP) is 5.17. The molecule has 0 spiro atoms. The molecular formula is C23H29N3O2S. The van der Waals surface area contributed by atoms with Gasteiger partial charge in [0.25, 0.3) is 0 Å². The molecule has 3 heterocycles. The second-order valence-corrected chi connectivity index (χ2v) is 8.35. The molecule has 0 aliphatic carbocycles. The van der Waals surface area contributed by atoms with Crippen LogP contribution in [-0.4, -0.2) is 40.1 Å². The van der Waals surface area contributed by atoms with E-state index in [-0.39, 0.29) is 12.1 Å². The highest BCUT2D eigenvalue weighted by Crippen LogP contribution is 2.50. The van der Waals surface area contributed by atoms with E-state index in [1.54, 1.807) is 0 Å². The Morgan fingerprint density at radius 2 is 1.86 bits per heavy atom. The van der Waals surface area contributed by atoms with E-state index in [0.717, 1.165) is 34.5 Å². The number of fused-ring (bicyclic) bond motifs is 1. The number of thioether (sulfide) groups is 1. The van der Waals surface area contributed by atoms with E-state index in [4.69, 9.17) is 14.5 Å². The van der Waals surface area contributed by atoms with Crippen LogP contribution in [-0.2, 0) is 0 Å². The van der Waals surface area contributed by atoms with Gasteiger partial charge in [-0.15, -0.1) is 0 Å². The van der Waals surface area contributed by atoms with Crippen LogP contribution in [0.1, 0.15) is 56.1 Å². The third kappa shape index (κ3) is 3.70. The van der Waals surface area contributed by atoms with Crippen LogP contribution >= 0.6 is 11.8 Å². The molecule has 0 radical (unpaired) electrons. The Morgan fingerprint density at radius 1 is 1.10 bits per heavy atom. The standard InChI is InChI=1S/C23H29N3O2S/c1-5-16-14-29-23-25-21(18-10-8-9-11-24-18)22(26(16)23)17-13-20(28-7-3)19(27-6-2)12-15(17)4/h8-13,16,21-22H,5-7,14H2,1-4H3/t16-,21+,22+/m1/s1. The third-order valence-electron chi connectivity index (χ3n) is 5.58. The van der Waals surface area contributed by atoms with Gasteiger partial charge in [-0.05, 0) is 62.6 Å². The Morgan fingerprint density at radius 3 is 2.52 bits per heavy atom. The van der Waals surface area contributed by atoms with Gasteiger partial charge in [-0.1, -0.05) is 24.8 Å². The highest BCUT2D eigenvalue weighted by atomic mass is 32.2. The number of hydrogen-bond acceptors (Lipinski definition) is 6. The average Bonchev–Trinajstić information content (AvgIpc) is 3.30. The van der Waals surface area contributed by atoms with Crippen LogP contribution in [0, 0.1) is 6.92 Å². The summed E-state index contributed by atoms with van der Waals surface area (Å²) >= 11 is 1.87. The third-order valence-corrected chi connectivity index (χ3v) is 6.71. The van der Waals surface area contributed by atoms with Crippen LogP contribution in [0.2, 0.25) is 0 Å². The monoisotopic (exact) mass is 411 g/mol. The number of aliphatic imine (C=N–C) groups is 1. The quantitative estimate of drug-likeness (QED) is 0.629. The average molecular weight is 412 g/mol. The highest BCUT2D eigenvalue weighted by Gasteiger charge is 2.46. The zero-order valence-corrected chi connectivity index (χ0v) is 18.4. The fraction of sp³-hybridized carbons (Fsp3) is 0.478. The topological polar surface area (TPSA) is 47.0 Å². The van der Waals surface area contributed by atoms with Gasteiger partial charge < -0.3 is 14.4 Å². The molecule has 4 rings (SSSR count). The molecule has 1 aromatic carbocycles. The summed E-state index contributed by atoms with van der Waals surface area (Å²) in [5.74, 6) is 2.71. The molecule has 6 heteroatoms. The van der Waals surface area contributed by atoms with E-state index in [2.05, 4.69) is 41.9 Å². The summed E-state index contributed by atoms with van der Waals surface area (Å²) in [5, 5.41) is 1.14. The summed E-state index contributed by atoms with van der Waals surface area (Å²) in [4.78, 5) is 12.3. The molecule has 0 saturated carbocycles. The number of nitrogens with zero attached hydrogens (tertiary/aromatic N) is 3. The summed E-state index contributed by atoms with van der Waals surface area (Å²) in [5.41, 5.74) is 3.46. The Kier molecular flexibility index (Phi) is 5.99. The molecule has 1 saturated heterocycles. The number of pyridine rings is 1. The lowest BCUT2D eigenvalue weighted by atomic mass is 9.91. The molecule has 2 aliphatic rings. The Bertz CT molecular complexity index is 887. The van der Waals surface area contributed by atoms with Gasteiger partial charge in [0.2, 0.25) is 0 Å². The molecule has 2 aromatic rings. The minimum atomic E-state index is -0.0147. The number of rotatable bonds is 7. The molecular weight excluding hydrogens is 382 g/mol. The van der Waals surface area contributed by atoms with Gasteiger partial charge in [0, 0.05) is 18.0 Å². The van der Waals surface area contributed by atoms with E-state index in [1.807, 2.05) is 43.9 Å². The zero-order valence-electron chi connectivity index (χ0n) is 17.6. The summed E-state index contributed by atoms with van der Waals surface area (Å²) in [7, 11) is 0. The number of amidine groups is 1. The first-order valence-electron chi connectivity index (χ1n) is 10.5. The smallest absolute Gasteiger partial charge is 0.161 e. The molecule has 154 valence electrons. The highest BCUT2D eigenvalue weighted by molar-refractivity contribution is 8.14. The van der Waals surface area contributed by atoms with Gasteiger partial charge in [-0.3, -0.25) is 9.98 Å². The van der Waals surface area contributed by atoms with Crippen molar-refractivity contribution < 1.29 is 9.47 Å². The normalized spacial score (nSPS) is 23.1. The molecule has 1 fully saturated rings. The number of hydrogen-bond donors (Lipinski definition) is 0. The van der Waals surface area contributed by atoms with Crippen molar-refractivity contribution in [1.29, 1.82) is 0 Å². The predicted molar refractivity (Wildman–Crippen MR) is 119 cm³/mol. The van der Waals surface area contributed by atoms with Crippen molar-refractivity contribution in [3.05, 3.63) is 53.3 Å². The lowest BCUT2D eigenvalue weighted by Crippen LogP contribution is -2.35. The maximum atomic E-state index is 5.95. The molecule has 5 nitrogen and oxygen atoms in total. The molecule has 1 aromatic heterocycles. The van der Waals surface area contributed by atoms with Gasteiger partial charge in [0.05, 0.1) is 24.9 Å². The molecule has 0 N–H and O–H groups in total. The van der Waals surface area contributed by atoms with E-state index < -0.39 is 0 Å². The van der Waals surface area contributed by atoms with Crippen LogP contribution in [0.3, 0.4) is 0 Å². The fourth-order valence-corrected chi connectivity index (χ4v) is 5.56. The number of ether oxygens (including phenoxy) is 2. The van der Waals surface area contributed by atoms with Gasteiger partial charge in [0.1, 0.15) is 6.04 Å². The first-order valence-corrected chi connectivity index (χ1v) is 11.5. The van der Waals surface area contributed by atoms with Crippen molar-refractivity contribution in [2.75, 3.05) is 19.0 Å². The van der Waals surface area contributed by atoms with Gasteiger partial charge >= 0.3 is 0 Å². The van der Waals surface area contributed by atoms with Gasteiger partial charge in [-0.25, -0.2) is 0 Å². The van der Waals surface area contributed by atoms with Crippen molar-refractivity contribution >= 4 is 16.9 Å². The van der Waals surface area contributed by atoms with Crippen molar-refractivity contribution in [2.24, 2.45) is 4.99 Å². The lowest BCUT2D eigenvalue weighted by Gasteiger charge is -2.33. The minimum absolute atomic E-state index is 0.0147. The number of aromatic nitrogens is 1. The summed E-state index contributed by atoms with van der Waals surface area (Å²) in [6, 6.07) is 11.0. The van der Waals surface area contributed by atoms with E-state index >= 15 is 0 Å².